The zero-order chi connectivity index (χ0) is 14.8. The lowest BCUT2D eigenvalue weighted by Crippen LogP contribution is -2.37. The van der Waals surface area contributed by atoms with E-state index in [-0.39, 0.29) is 24.5 Å². The maximum atomic E-state index is 12.5. The molecule has 1 saturated carbocycles. The quantitative estimate of drug-likeness (QED) is 0.605. The number of rotatable bonds is 10. The minimum absolute atomic E-state index is 0.124. The van der Waals surface area contributed by atoms with Crippen LogP contribution in [0.2, 0.25) is 0 Å². The van der Waals surface area contributed by atoms with Crippen LogP contribution in [0.4, 0.5) is 0 Å². The van der Waals surface area contributed by atoms with Crippen LogP contribution in [-0.2, 0) is 4.79 Å². The average molecular weight is 284 g/mol. The molecule has 20 heavy (non-hydrogen) atoms. The Morgan fingerprint density at radius 1 is 1.15 bits per heavy atom. The lowest BCUT2D eigenvalue weighted by Gasteiger charge is -2.25. The highest BCUT2D eigenvalue weighted by molar-refractivity contribution is 5.79. The molecule has 0 radical (unpaired) electrons. The third-order valence-corrected chi connectivity index (χ3v) is 4.25. The first-order valence-corrected chi connectivity index (χ1v) is 8.34. The molecular formula is C16H32N2O2. The van der Waals surface area contributed by atoms with E-state index in [9.17, 15) is 4.79 Å². The Balaban J connectivity index is 2.35. The van der Waals surface area contributed by atoms with Crippen LogP contribution in [0.5, 0.6) is 0 Å². The molecule has 0 spiro atoms. The number of nitrogens with zero attached hydrogens (tertiary/aromatic N) is 1. The van der Waals surface area contributed by atoms with Crippen LogP contribution in [0.3, 0.4) is 0 Å². The van der Waals surface area contributed by atoms with Crippen LogP contribution in [0.15, 0.2) is 0 Å². The minimum Gasteiger partial charge on any atom is -0.396 e. The molecule has 0 heterocycles. The lowest BCUT2D eigenvalue weighted by atomic mass is 10.1. The van der Waals surface area contributed by atoms with Gasteiger partial charge in [0.1, 0.15) is 0 Å². The van der Waals surface area contributed by atoms with Gasteiger partial charge in [-0.1, -0.05) is 32.6 Å². The Hall–Kier alpha value is -0.610. The van der Waals surface area contributed by atoms with Crippen molar-refractivity contribution in [3.63, 3.8) is 0 Å². The molecule has 1 fully saturated rings. The second-order valence-electron chi connectivity index (χ2n) is 6.09. The molecule has 1 amide bonds. The summed E-state index contributed by atoms with van der Waals surface area (Å²) in [7, 11) is 0. The monoisotopic (exact) mass is 284 g/mol. The molecule has 2 atom stereocenters. The van der Waals surface area contributed by atoms with Crippen molar-refractivity contribution in [2.24, 2.45) is 11.7 Å². The van der Waals surface area contributed by atoms with E-state index in [0.29, 0.717) is 13.0 Å². The molecule has 4 heteroatoms. The highest BCUT2D eigenvalue weighted by Crippen LogP contribution is 2.26. The molecule has 0 aromatic rings. The second kappa shape index (κ2) is 10.2. The Morgan fingerprint density at radius 2 is 1.85 bits per heavy atom. The number of hydrogen-bond acceptors (Lipinski definition) is 3. The van der Waals surface area contributed by atoms with Gasteiger partial charge < -0.3 is 15.7 Å². The summed E-state index contributed by atoms with van der Waals surface area (Å²) in [6.07, 6.45) is 9.48. The predicted octanol–water partition coefficient (Wildman–Crippen LogP) is 2.30. The van der Waals surface area contributed by atoms with Crippen molar-refractivity contribution >= 4 is 5.91 Å². The first-order valence-electron chi connectivity index (χ1n) is 8.34. The summed E-state index contributed by atoms with van der Waals surface area (Å²) in [5.41, 5.74) is 5.91. The highest BCUT2D eigenvalue weighted by Gasteiger charge is 2.30. The number of unbranched alkanes of at least 4 members (excludes halogenated alkanes) is 4. The molecule has 2 unspecified atom stereocenters. The van der Waals surface area contributed by atoms with Gasteiger partial charge in [-0.25, -0.2) is 0 Å². The third kappa shape index (κ3) is 6.23. The second-order valence-corrected chi connectivity index (χ2v) is 6.09. The molecule has 0 bridgehead atoms. The molecule has 1 aliphatic carbocycles. The van der Waals surface area contributed by atoms with Crippen molar-refractivity contribution in [2.45, 2.75) is 70.8 Å². The van der Waals surface area contributed by atoms with Gasteiger partial charge in [0.05, 0.1) is 0 Å². The van der Waals surface area contributed by atoms with Crippen LogP contribution in [0.1, 0.15) is 64.7 Å². The van der Waals surface area contributed by atoms with Crippen LogP contribution in [0, 0.1) is 5.92 Å². The van der Waals surface area contributed by atoms with E-state index in [1.807, 2.05) is 4.90 Å². The van der Waals surface area contributed by atoms with Crippen molar-refractivity contribution in [1.29, 1.82) is 0 Å². The summed E-state index contributed by atoms with van der Waals surface area (Å²) in [4.78, 5) is 14.5. The summed E-state index contributed by atoms with van der Waals surface area (Å²) < 4.78 is 0. The molecule has 118 valence electrons. The van der Waals surface area contributed by atoms with Crippen molar-refractivity contribution in [3.05, 3.63) is 0 Å². The predicted molar refractivity (Wildman–Crippen MR) is 82.4 cm³/mol. The Bertz CT molecular complexity index is 271. The van der Waals surface area contributed by atoms with Crippen LogP contribution >= 0.6 is 0 Å². The Morgan fingerprint density at radius 3 is 2.45 bits per heavy atom. The van der Waals surface area contributed by atoms with E-state index in [4.69, 9.17) is 10.8 Å². The number of nitrogens with two attached hydrogens (primary N) is 1. The lowest BCUT2D eigenvalue weighted by molar-refractivity contribution is -0.135. The van der Waals surface area contributed by atoms with Crippen molar-refractivity contribution < 1.29 is 9.90 Å². The molecule has 1 rings (SSSR count). The number of hydrogen-bond donors (Lipinski definition) is 2. The number of aliphatic hydroxyl groups excluding tert-OH is 1. The summed E-state index contributed by atoms with van der Waals surface area (Å²) in [5.74, 6) is 0.390. The van der Waals surface area contributed by atoms with Gasteiger partial charge >= 0.3 is 0 Å². The molecule has 3 N–H and O–H groups in total. The largest absolute Gasteiger partial charge is 0.396 e. The molecule has 0 aromatic heterocycles. The summed E-state index contributed by atoms with van der Waals surface area (Å²) in [6, 6.07) is 0.202. The SMILES string of the molecule is CCCCCCCN(CCCO)C(=O)C1CCC(N)C1. The summed E-state index contributed by atoms with van der Waals surface area (Å²) in [5, 5.41) is 8.99. The van der Waals surface area contributed by atoms with Crippen molar-refractivity contribution in [2.75, 3.05) is 19.7 Å². The molecule has 4 nitrogen and oxygen atoms in total. The van der Waals surface area contributed by atoms with Gasteiger partial charge in [-0.3, -0.25) is 4.79 Å². The van der Waals surface area contributed by atoms with E-state index in [2.05, 4.69) is 6.92 Å². The van der Waals surface area contributed by atoms with Crippen molar-refractivity contribution in [1.82, 2.24) is 4.90 Å². The van der Waals surface area contributed by atoms with Gasteiger partial charge in [-0.2, -0.15) is 0 Å². The van der Waals surface area contributed by atoms with E-state index >= 15 is 0 Å². The van der Waals surface area contributed by atoms with Gasteiger partial charge in [-0.05, 0) is 32.1 Å². The standard InChI is InChI=1S/C16H32N2O2/c1-2-3-4-5-6-10-18(11-7-12-19)16(20)14-8-9-15(17)13-14/h14-15,19H,2-13,17H2,1H3. The maximum absolute atomic E-state index is 12.5. The maximum Gasteiger partial charge on any atom is 0.225 e. The number of carbonyl (C=O) groups is 1. The van der Waals surface area contributed by atoms with Gasteiger partial charge in [0, 0.05) is 31.7 Å². The average Bonchev–Trinajstić information content (AvgIpc) is 2.88. The number of carbonyl (C=O) groups excluding carboxylic acids is 1. The highest BCUT2D eigenvalue weighted by atomic mass is 16.3. The molecular weight excluding hydrogens is 252 g/mol. The van der Waals surface area contributed by atoms with Crippen LogP contribution < -0.4 is 5.73 Å². The van der Waals surface area contributed by atoms with E-state index in [1.54, 1.807) is 0 Å². The Labute approximate surface area is 123 Å². The fourth-order valence-corrected chi connectivity index (χ4v) is 3.00. The zero-order valence-electron chi connectivity index (χ0n) is 13.0. The fraction of sp³-hybridized carbons (Fsp3) is 0.938. The minimum atomic E-state index is 0.124. The van der Waals surface area contributed by atoms with Crippen LogP contribution in [-0.4, -0.2) is 41.7 Å². The molecule has 0 aromatic carbocycles. The van der Waals surface area contributed by atoms with E-state index in [1.165, 1.54) is 25.7 Å². The smallest absolute Gasteiger partial charge is 0.225 e. The fourth-order valence-electron chi connectivity index (χ4n) is 3.00. The topological polar surface area (TPSA) is 66.6 Å². The number of aliphatic hydroxyl groups is 1. The zero-order valence-corrected chi connectivity index (χ0v) is 13.0. The normalized spacial score (nSPS) is 22.1. The Kier molecular flexibility index (Phi) is 8.86. The molecule has 1 aliphatic rings. The molecule has 0 saturated heterocycles. The van der Waals surface area contributed by atoms with Gasteiger partial charge in [0.25, 0.3) is 0 Å². The first-order chi connectivity index (χ1) is 9.69. The van der Waals surface area contributed by atoms with E-state index < -0.39 is 0 Å². The van der Waals surface area contributed by atoms with E-state index in [0.717, 1.165) is 32.2 Å². The van der Waals surface area contributed by atoms with Crippen LogP contribution in [0.25, 0.3) is 0 Å². The third-order valence-electron chi connectivity index (χ3n) is 4.25. The number of amides is 1. The summed E-state index contributed by atoms with van der Waals surface area (Å²) in [6.45, 7) is 3.90. The summed E-state index contributed by atoms with van der Waals surface area (Å²) >= 11 is 0. The first kappa shape index (κ1) is 17.4. The van der Waals surface area contributed by atoms with Gasteiger partial charge in [0.15, 0.2) is 0 Å². The van der Waals surface area contributed by atoms with Gasteiger partial charge in [-0.15, -0.1) is 0 Å². The van der Waals surface area contributed by atoms with Gasteiger partial charge in [0.2, 0.25) is 5.91 Å². The van der Waals surface area contributed by atoms with Crippen molar-refractivity contribution in [3.8, 4) is 0 Å². The molecule has 0 aliphatic heterocycles.